The molecule has 0 N–H and O–H groups in total. The first-order chi connectivity index (χ1) is 8.45. The Balaban J connectivity index is 2.63. The molecule has 0 spiro atoms. The summed E-state index contributed by atoms with van der Waals surface area (Å²) in [7, 11) is -3.48. The monoisotopic (exact) mass is 267 g/mol. The lowest BCUT2D eigenvalue weighted by atomic mass is 10.2. The van der Waals surface area contributed by atoms with E-state index in [1.54, 1.807) is 18.2 Å². The molecule has 0 fully saturated rings. The zero-order valence-electron chi connectivity index (χ0n) is 9.92. The minimum absolute atomic E-state index is 0.182. The number of carbonyl (C=O) groups excluding carboxylic acids is 1. The summed E-state index contributed by atoms with van der Waals surface area (Å²) in [5, 5.41) is 8.20. The Hall–Kier alpha value is -1.87. The highest BCUT2D eigenvalue weighted by atomic mass is 32.2. The maximum Gasteiger partial charge on any atom is 0.307 e. The fourth-order valence-electron chi connectivity index (χ4n) is 1.27. The lowest BCUT2D eigenvalue weighted by molar-refractivity contribution is -0.141. The van der Waals surface area contributed by atoms with E-state index in [4.69, 9.17) is 5.26 Å². The summed E-state index contributed by atoms with van der Waals surface area (Å²) in [6, 6.07) is 8.04. The van der Waals surface area contributed by atoms with Crippen LogP contribution in [0.2, 0.25) is 0 Å². The SMILES string of the molecule is Cc1ccc(S(=O)(=O)CCC(=O)OCC#N)cc1. The molecule has 0 heterocycles. The van der Waals surface area contributed by atoms with Crippen molar-refractivity contribution in [2.24, 2.45) is 0 Å². The second-order valence-corrected chi connectivity index (χ2v) is 5.81. The summed E-state index contributed by atoms with van der Waals surface area (Å²) < 4.78 is 28.2. The van der Waals surface area contributed by atoms with Crippen LogP contribution in [0, 0.1) is 18.3 Å². The molecule has 0 unspecified atom stereocenters. The summed E-state index contributed by atoms with van der Waals surface area (Å²) in [4.78, 5) is 11.3. The Bertz CT molecular complexity index is 555. The molecule has 1 aromatic rings. The van der Waals surface area contributed by atoms with Crippen molar-refractivity contribution in [3.8, 4) is 6.07 Å². The van der Waals surface area contributed by atoms with Crippen molar-refractivity contribution in [1.29, 1.82) is 5.26 Å². The van der Waals surface area contributed by atoms with Crippen LogP contribution in [0.15, 0.2) is 29.2 Å². The molecular weight excluding hydrogens is 254 g/mol. The Morgan fingerprint density at radius 2 is 1.94 bits per heavy atom. The van der Waals surface area contributed by atoms with Crippen LogP contribution in [-0.2, 0) is 19.4 Å². The molecule has 0 saturated carbocycles. The van der Waals surface area contributed by atoms with Gasteiger partial charge in [0, 0.05) is 0 Å². The standard InChI is InChI=1S/C12H13NO4S/c1-10-2-4-11(5-3-10)18(15,16)9-6-12(14)17-8-7-13/h2-5H,6,8-9H2,1H3. The second-order valence-electron chi connectivity index (χ2n) is 3.70. The molecule has 0 aliphatic heterocycles. The number of nitriles is 1. The highest BCUT2D eigenvalue weighted by molar-refractivity contribution is 7.91. The van der Waals surface area contributed by atoms with Crippen molar-refractivity contribution in [3.63, 3.8) is 0 Å². The van der Waals surface area contributed by atoms with Gasteiger partial charge in [0.15, 0.2) is 16.4 Å². The summed E-state index contributed by atoms with van der Waals surface area (Å²) in [6.07, 6.45) is -0.252. The van der Waals surface area contributed by atoms with Crippen LogP contribution in [0.1, 0.15) is 12.0 Å². The summed E-state index contributed by atoms with van der Waals surface area (Å²) in [5.41, 5.74) is 0.961. The lowest BCUT2D eigenvalue weighted by Gasteiger charge is -2.04. The molecule has 6 heteroatoms. The van der Waals surface area contributed by atoms with Crippen molar-refractivity contribution in [2.45, 2.75) is 18.2 Å². The first-order valence-electron chi connectivity index (χ1n) is 5.28. The van der Waals surface area contributed by atoms with E-state index in [9.17, 15) is 13.2 Å². The number of sulfone groups is 1. The van der Waals surface area contributed by atoms with Gasteiger partial charge in [0.05, 0.1) is 17.1 Å². The van der Waals surface area contributed by atoms with Gasteiger partial charge in [-0.3, -0.25) is 4.79 Å². The number of aryl methyl sites for hydroxylation is 1. The number of benzene rings is 1. The molecule has 0 aromatic heterocycles. The summed E-state index contributed by atoms with van der Waals surface area (Å²) >= 11 is 0. The largest absolute Gasteiger partial charge is 0.450 e. The molecule has 1 rings (SSSR count). The number of ether oxygens (including phenoxy) is 1. The van der Waals surface area contributed by atoms with E-state index in [1.807, 2.05) is 6.92 Å². The number of rotatable bonds is 5. The van der Waals surface area contributed by atoms with Gasteiger partial charge in [0.1, 0.15) is 6.07 Å². The van der Waals surface area contributed by atoms with E-state index in [-0.39, 0.29) is 23.7 Å². The fourth-order valence-corrected chi connectivity index (χ4v) is 2.49. The molecule has 0 aliphatic carbocycles. The molecule has 0 atom stereocenters. The molecule has 1 aromatic carbocycles. The molecule has 5 nitrogen and oxygen atoms in total. The smallest absolute Gasteiger partial charge is 0.307 e. The van der Waals surface area contributed by atoms with Crippen molar-refractivity contribution in [3.05, 3.63) is 29.8 Å². The minimum Gasteiger partial charge on any atom is -0.450 e. The summed E-state index contributed by atoms with van der Waals surface area (Å²) in [5.74, 6) is -1.01. The molecule has 0 radical (unpaired) electrons. The minimum atomic E-state index is -3.48. The summed E-state index contributed by atoms with van der Waals surface area (Å²) in [6.45, 7) is 1.50. The van der Waals surface area contributed by atoms with Crippen LogP contribution in [0.4, 0.5) is 0 Å². The average Bonchev–Trinajstić information content (AvgIpc) is 2.34. The van der Waals surface area contributed by atoms with Gasteiger partial charge in [-0.1, -0.05) is 17.7 Å². The van der Waals surface area contributed by atoms with Crippen LogP contribution >= 0.6 is 0 Å². The van der Waals surface area contributed by atoms with E-state index >= 15 is 0 Å². The molecule has 18 heavy (non-hydrogen) atoms. The number of hydrogen-bond donors (Lipinski definition) is 0. The molecule has 0 bridgehead atoms. The molecule has 96 valence electrons. The van der Waals surface area contributed by atoms with Crippen molar-refractivity contribution >= 4 is 15.8 Å². The third-order valence-corrected chi connectivity index (χ3v) is 3.98. The first kappa shape index (κ1) is 14.2. The lowest BCUT2D eigenvalue weighted by Crippen LogP contribution is -2.13. The van der Waals surface area contributed by atoms with E-state index in [0.717, 1.165) is 5.56 Å². The normalized spacial score (nSPS) is 10.7. The first-order valence-corrected chi connectivity index (χ1v) is 6.93. The van der Waals surface area contributed by atoms with Gasteiger partial charge < -0.3 is 4.74 Å². The van der Waals surface area contributed by atoms with Gasteiger partial charge in [-0.25, -0.2) is 8.42 Å². The van der Waals surface area contributed by atoms with E-state index in [1.165, 1.54) is 12.1 Å². The van der Waals surface area contributed by atoms with Crippen molar-refractivity contribution in [1.82, 2.24) is 0 Å². The van der Waals surface area contributed by atoms with Crippen LogP contribution in [0.3, 0.4) is 0 Å². The van der Waals surface area contributed by atoms with Crippen molar-refractivity contribution in [2.75, 3.05) is 12.4 Å². The van der Waals surface area contributed by atoms with Crippen LogP contribution in [-0.4, -0.2) is 26.7 Å². The molecular formula is C12H13NO4S. The second kappa shape index (κ2) is 6.17. The third-order valence-electron chi connectivity index (χ3n) is 2.25. The Morgan fingerprint density at radius 3 is 2.50 bits per heavy atom. The number of nitrogens with zero attached hydrogens (tertiary/aromatic N) is 1. The number of hydrogen-bond acceptors (Lipinski definition) is 5. The maximum atomic E-state index is 11.8. The zero-order valence-corrected chi connectivity index (χ0v) is 10.7. The predicted octanol–water partition coefficient (Wildman–Crippen LogP) is 1.23. The van der Waals surface area contributed by atoms with Gasteiger partial charge in [-0.2, -0.15) is 5.26 Å². The van der Waals surface area contributed by atoms with Gasteiger partial charge in [-0.05, 0) is 19.1 Å². The van der Waals surface area contributed by atoms with E-state index in [0.29, 0.717) is 0 Å². The van der Waals surface area contributed by atoms with Gasteiger partial charge in [-0.15, -0.1) is 0 Å². The maximum absolute atomic E-state index is 11.8. The number of carbonyl (C=O) groups is 1. The Morgan fingerprint density at radius 1 is 1.33 bits per heavy atom. The van der Waals surface area contributed by atoms with Gasteiger partial charge >= 0.3 is 5.97 Å². The van der Waals surface area contributed by atoms with Crippen LogP contribution in [0.25, 0.3) is 0 Å². The van der Waals surface area contributed by atoms with Crippen LogP contribution in [0.5, 0.6) is 0 Å². The molecule has 0 saturated heterocycles. The van der Waals surface area contributed by atoms with Gasteiger partial charge in [0.2, 0.25) is 0 Å². The Labute approximate surface area is 106 Å². The molecule has 0 aliphatic rings. The quantitative estimate of drug-likeness (QED) is 0.749. The third kappa shape index (κ3) is 4.18. The Kier molecular flexibility index (Phi) is 4.86. The van der Waals surface area contributed by atoms with Crippen LogP contribution < -0.4 is 0 Å². The fraction of sp³-hybridized carbons (Fsp3) is 0.333. The zero-order chi connectivity index (χ0) is 13.6. The topological polar surface area (TPSA) is 84.2 Å². The predicted molar refractivity (Wildman–Crippen MR) is 64.4 cm³/mol. The van der Waals surface area contributed by atoms with Crippen molar-refractivity contribution < 1.29 is 17.9 Å². The average molecular weight is 267 g/mol. The highest BCUT2D eigenvalue weighted by Gasteiger charge is 2.16. The van der Waals surface area contributed by atoms with E-state index in [2.05, 4.69) is 4.74 Å². The number of esters is 1. The van der Waals surface area contributed by atoms with Gasteiger partial charge in [0.25, 0.3) is 0 Å². The molecule has 0 amide bonds. The van der Waals surface area contributed by atoms with E-state index < -0.39 is 15.8 Å². The highest BCUT2D eigenvalue weighted by Crippen LogP contribution is 2.13.